The Hall–Kier alpha value is -2.82. The molecule has 0 bridgehead atoms. The summed E-state index contributed by atoms with van der Waals surface area (Å²) in [4.78, 5) is 38.5. The predicted octanol–water partition coefficient (Wildman–Crippen LogP) is 3.15. The molecule has 4 heterocycles. The number of carbonyl (C=O) groups is 2. The molecular formula is C22H11N3O2Se2. The summed E-state index contributed by atoms with van der Waals surface area (Å²) in [6.45, 7) is 0. The van der Waals surface area contributed by atoms with Gasteiger partial charge in [-0.05, 0) is 0 Å². The van der Waals surface area contributed by atoms with E-state index in [0.29, 0.717) is 25.6 Å². The molecule has 0 saturated heterocycles. The summed E-state index contributed by atoms with van der Waals surface area (Å²) in [6.07, 6.45) is 7.09. The van der Waals surface area contributed by atoms with Crippen molar-refractivity contribution in [3.8, 4) is 4.56 Å². The van der Waals surface area contributed by atoms with Crippen LogP contribution in [0.5, 0.6) is 0 Å². The van der Waals surface area contributed by atoms with E-state index in [1.165, 1.54) is 6.33 Å². The van der Waals surface area contributed by atoms with Crippen molar-refractivity contribution in [2.45, 2.75) is 0 Å². The maximum absolute atomic E-state index is 12.9. The average Bonchev–Trinajstić information content (AvgIpc) is 3.50. The van der Waals surface area contributed by atoms with Crippen LogP contribution in [0, 0.1) is 0 Å². The van der Waals surface area contributed by atoms with Crippen LogP contribution in [0.25, 0.3) is 32.4 Å². The number of carbonyl (C=O) groups excluding carboxylic acids is 2. The van der Waals surface area contributed by atoms with Crippen LogP contribution < -0.4 is 0 Å². The number of hydrogen-bond acceptors (Lipinski definition) is 4. The Balaban J connectivity index is 1.41. The second kappa shape index (κ2) is 6.34. The van der Waals surface area contributed by atoms with E-state index in [1.807, 2.05) is 41.1 Å². The van der Waals surface area contributed by atoms with Crippen molar-refractivity contribution in [1.82, 2.24) is 14.5 Å². The minimum atomic E-state index is -0.162. The Morgan fingerprint density at radius 3 is 2.45 bits per heavy atom. The van der Waals surface area contributed by atoms with Crippen LogP contribution in [-0.4, -0.2) is 55.1 Å². The van der Waals surface area contributed by atoms with Crippen molar-refractivity contribution < 1.29 is 9.59 Å². The molecule has 5 nitrogen and oxygen atoms in total. The molecule has 0 spiro atoms. The van der Waals surface area contributed by atoms with Gasteiger partial charge in [0.05, 0.1) is 0 Å². The van der Waals surface area contributed by atoms with Crippen LogP contribution in [0.4, 0.5) is 0 Å². The summed E-state index contributed by atoms with van der Waals surface area (Å²) in [5.74, 6) is -0.324. The molecule has 0 amide bonds. The maximum atomic E-state index is 12.9. The number of benzene rings is 1. The molecule has 0 unspecified atom stereocenters. The summed E-state index contributed by atoms with van der Waals surface area (Å²) in [5, 5.41) is 3.12. The Labute approximate surface area is 176 Å². The van der Waals surface area contributed by atoms with Gasteiger partial charge in [-0.3, -0.25) is 0 Å². The van der Waals surface area contributed by atoms with E-state index in [1.54, 1.807) is 12.3 Å². The van der Waals surface area contributed by atoms with Crippen molar-refractivity contribution in [3.05, 3.63) is 80.1 Å². The summed E-state index contributed by atoms with van der Waals surface area (Å²) in [7, 11) is 0. The Morgan fingerprint density at radius 2 is 1.69 bits per heavy atom. The molecule has 0 aliphatic heterocycles. The molecule has 0 saturated carbocycles. The second-order valence-corrected chi connectivity index (χ2v) is 10.6. The number of ketones is 2. The monoisotopic (exact) mass is 509 g/mol. The third kappa shape index (κ3) is 2.60. The fourth-order valence-corrected chi connectivity index (χ4v) is 7.24. The van der Waals surface area contributed by atoms with E-state index in [4.69, 9.17) is 0 Å². The van der Waals surface area contributed by atoms with E-state index >= 15 is 0 Å². The first-order valence-corrected chi connectivity index (χ1v) is 12.6. The molecule has 0 radical (unpaired) electrons. The first-order chi connectivity index (χ1) is 14.2. The van der Waals surface area contributed by atoms with Gasteiger partial charge in [-0.15, -0.1) is 0 Å². The molecule has 5 aromatic rings. The first kappa shape index (κ1) is 17.1. The van der Waals surface area contributed by atoms with Gasteiger partial charge in [-0.25, -0.2) is 0 Å². The van der Waals surface area contributed by atoms with Crippen LogP contribution in [0.2, 0.25) is 0 Å². The van der Waals surface area contributed by atoms with Gasteiger partial charge in [0, 0.05) is 0 Å². The summed E-state index contributed by atoms with van der Waals surface area (Å²) >= 11 is 0.292. The van der Waals surface area contributed by atoms with Crippen molar-refractivity contribution in [3.63, 3.8) is 0 Å². The second-order valence-electron chi connectivity index (χ2n) is 6.78. The molecule has 6 rings (SSSR count). The number of Topliss-reactive ketones (excluding diaryl/α,β-unsaturated/α-hetero) is 2. The summed E-state index contributed by atoms with van der Waals surface area (Å²) < 4.78 is 4.16. The van der Waals surface area contributed by atoms with Crippen molar-refractivity contribution in [2.24, 2.45) is 0 Å². The van der Waals surface area contributed by atoms with E-state index in [2.05, 4.69) is 19.8 Å². The summed E-state index contributed by atoms with van der Waals surface area (Å²) in [5.41, 5.74) is 2.21. The zero-order valence-electron chi connectivity index (χ0n) is 14.8. The quantitative estimate of drug-likeness (QED) is 0.209. The van der Waals surface area contributed by atoms with Gasteiger partial charge in [0.1, 0.15) is 0 Å². The molecule has 4 aromatic heterocycles. The number of hydrogen-bond donors (Lipinski definition) is 0. The third-order valence-corrected chi connectivity index (χ3v) is 8.88. The van der Waals surface area contributed by atoms with Crippen LogP contribution >= 0.6 is 0 Å². The molecule has 7 heteroatoms. The van der Waals surface area contributed by atoms with Crippen LogP contribution in [0.3, 0.4) is 0 Å². The number of nitrogens with zero attached hydrogens (tertiary/aromatic N) is 3. The standard InChI is InChI=1S/C22H11N3O2Se2/c26-20-16-5-13-9-28-10-14(13)6-17(16)21(27)18(20)7-15-1-2-19(29-15)25-4-3-12-8-23-11-24-22(12)25/h1-11H. The fraction of sp³-hybridized carbons (Fsp3) is 0. The zero-order chi connectivity index (χ0) is 19.5. The van der Waals surface area contributed by atoms with Crippen LogP contribution in [0.15, 0.2) is 64.5 Å². The molecule has 29 heavy (non-hydrogen) atoms. The Morgan fingerprint density at radius 1 is 0.931 bits per heavy atom. The topological polar surface area (TPSA) is 64.8 Å². The van der Waals surface area contributed by atoms with Crippen LogP contribution in [-0.2, 0) is 0 Å². The molecule has 0 atom stereocenters. The van der Waals surface area contributed by atoms with Crippen LogP contribution in [0.1, 0.15) is 25.2 Å². The average molecular weight is 507 g/mol. The normalized spacial score (nSPS) is 13.6. The van der Waals surface area contributed by atoms with Crippen molar-refractivity contribution >= 4 is 68.5 Å². The van der Waals surface area contributed by atoms with Crippen molar-refractivity contribution in [1.29, 1.82) is 0 Å². The molecule has 138 valence electrons. The van der Waals surface area contributed by atoms with E-state index < -0.39 is 0 Å². The van der Waals surface area contributed by atoms with Gasteiger partial charge in [0.25, 0.3) is 0 Å². The molecule has 0 fully saturated rings. The van der Waals surface area contributed by atoms with Gasteiger partial charge in [0.2, 0.25) is 0 Å². The SMILES string of the molecule is O=C1C(=Cc2ccc(-n3ccc4cncnc43)[se]2)C(=O)c2cc3c[se]cc3cc21. The molecule has 1 aliphatic rings. The van der Waals surface area contributed by atoms with E-state index in [9.17, 15) is 9.59 Å². The van der Waals surface area contributed by atoms with Gasteiger partial charge >= 0.3 is 177 Å². The number of fused-ring (bicyclic) bond motifs is 3. The molecule has 1 aliphatic carbocycles. The van der Waals surface area contributed by atoms with Gasteiger partial charge in [0.15, 0.2) is 0 Å². The Bertz CT molecular complexity index is 1450. The number of aromatic nitrogens is 3. The third-order valence-electron chi connectivity index (χ3n) is 5.08. The summed E-state index contributed by atoms with van der Waals surface area (Å²) in [6, 6.07) is 9.76. The van der Waals surface area contributed by atoms with Gasteiger partial charge < -0.3 is 0 Å². The van der Waals surface area contributed by atoms with E-state index in [0.717, 1.165) is 30.8 Å². The van der Waals surface area contributed by atoms with Gasteiger partial charge in [-0.2, -0.15) is 0 Å². The van der Waals surface area contributed by atoms with Gasteiger partial charge in [-0.1, -0.05) is 0 Å². The molecule has 1 aromatic carbocycles. The predicted molar refractivity (Wildman–Crippen MR) is 113 cm³/mol. The molecular weight excluding hydrogens is 496 g/mol. The minimum absolute atomic E-state index is 0.0228. The van der Waals surface area contributed by atoms with E-state index in [-0.39, 0.29) is 31.6 Å². The fourth-order valence-electron chi connectivity index (χ4n) is 3.67. The molecule has 0 N–H and O–H groups in total. The first-order valence-electron chi connectivity index (χ1n) is 8.87. The zero-order valence-corrected chi connectivity index (χ0v) is 18.3. The number of allylic oxidation sites excluding steroid dienone is 1. The van der Waals surface area contributed by atoms with Crippen molar-refractivity contribution in [2.75, 3.05) is 0 Å². The Kier molecular flexibility index (Phi) is 3.73. The number of rotatable bonds is 2.